The van der Waals surface area contributed by atoms with Gasteiger partial charge >= 0.3 is 0 Å². The Morgan fingerprint density at radius 2 is 2.00 bits per heavy atom. The second-order valence-electron chi connectivity index (χ2n) is 4.42. The fourth-order valence-electron chi connectivity index (χ4n) is 1.97. The molecule has 0 aliphatic rings. The number of hydrogen-bond donors (Lipinski definition) is 0. The molecule has 2 aromatic rings. The van der Waals surface area contributed by atoms with E-state index in [9.17, 15) is 0 Å². The average molecular weight is 284 g/mol. The molecule has 0 unspecified atom stereocenters. The molecule has 5 heteroatoms. The molecule has 0 radical (unpaired) electrons. The van der Waals surface area contributed by atoms with Crippen LogP contribution >= 0.6 is 0 Å². The molecule has 2 rings (SSSR count). The molecule has 1 aromatic heterocycles. The van der Waals surface area contributed by atoms with E-state index < -0.39 is 0 Å². The van der Waals surface area contributed by atoms with Gasteiger partial charge in [-0.15, -0.1) is 0 Å². The first kappa shape index (κ1) is 14.7. The minimum atomic E-state index is 0.303. The summed E-state index contributed by atoms with van der Waals surface area (Å²) in [5.74, 6) is 2.20. The number of nitriles is 1. The van der Waals surface area contributed by atoms with Crippen molar-refractivity contribution >= 4 is 12.1 Å². The van der Waals surface area contributed by atoms with Crippen molar-refractivity contribution in [2.45, 2.75) is 13.8 Å². The summed E-state index contributed by atoms with van der Waals surface area (Å²) in [6, 6.07) is 7.60. The van der Waals surface area contributed by atoms with Crippen molar-refractivity contribution in [1.82, 2.24) is 0 Å². The third-order valence-electron chi connectivity index (χ3n) is 3.23. The lowest BCUT2D eigenvalue weighted by atomic mass is 10.2. The summed E-state index contributed by atoms with van der Waals surface area (Å²) in [5.41, 5.74) is 2.00. The largest absolute Gasteiger partial charge is 0.493 e. The summed E-state index contributed by atoms with van der Waals surface area (Å²) in [4.78, 5) is 4.26. The van der Waals surface area contributed by atoms with Gasteiger partial charge < -0.3 is 13.9 Å². The summed E-state index contributed by atoms with van der Waals surface area (Å²) in [6.45, 7) is 3.64. The molecule has 0 saturated heterocycles. The molecule has 0 fully saturated rings. The minimum absolute atomic E-state index is 0.303. The molecule has 0 bridgehead atoms. The zero-order chi connectivity index (χ0) is 15.4. The second kappa shape index (κ2) is 6.14. The molecule has 21 heavy (non-hydrogen) atoms. The molecule has 1 aromatic carbocycles. The van der Waals surface area contributed by atoms with Crippen LogP contribution in [0.1, 0.15) is 22.5 Å². The molecular formula is C16H16N2O3. The summed E-state index contributed by atoms with van der Waals surface area (Å²) in [5, 5.41) is 9.16. The monoisotopic (exact) mass is 284 g/mol. The van der Waals surface area contributed by atoms with Gasteiger partial charge in [-0.2, -0.15) is 5.26 Å². The van der Waals surface area contributed by atoms with Crippen molar-refractivity contribution in [2.24, 2.45) is 4.99 Å². The van der Waals surface area contributed by atoms with E-state index in [4.69, 9.17) is 19.2 Å². The molecule has 0 spiro atoms. The highest BCUT2D eigenvalue weighted by Gasteiger charge is 2.13. The van der Waals surface area contributed by atoms with Crippen molar-refractivity contribution in [3.05, 3.63) is 40.6 Å². The summed E-state index contributed by atoms with van der Waals surface area (Å²) >= 11 is 0. The van der Waals surface area contributed by atoms with Crippen LogP contribution in [0.5, 0.6) is 11.5 Å². The van der Waals surface area contributed by atoms with Gasteiger partial charge in [-0.3, -0.25) is 0 Å². The van der Waals surface area contributed by atoms with Crippen LogP contribution in [0.3, 0.4) is 0 Å². The van der Waals surface area contributed by atoms with Gasteiger partial charge in [0.05, 0.1) is 14.2 Å². The minimum Gasteiger partial charge on any atom is -0.493 e. The van der Waals surface area contributed by atoms with Crippen LogP contribution in [0, 0.1) is 25.2 Å². The zero-order valence-electron chi connectivity index (χ0n) is 12.4. The Kier molecular flexibility index (Phi) is 4.29. The maximum absolute atomic E-state index is 9.16. The van der Waals surface area contributed by atoms with Gasteiger partial charge in [0.25, 0.3) is 0 Å². The van der Waals surface area contributed by atoms with Crippen LogP contribution in [0.15, 0.2) is 27.6 Å². The van der Waals surface area contributed by atoms with Gasteiger partial charge in [-0.25, -0.2) is 4.99 Å². The third kappa shape index (κ3) is 2.75. The highest BCUT2D eigenvalue weighted by atomic mass is 16.5. The quantitative estimate of drug-likeness (QED) is 0.805. The van der Waals surface area contributed by atoms with Gasteiger partial charge in [0, 0.05) is 17.3 Å². The number of methoxy groups -OCH3 is 2. The number of benzene rings is 1. The molecule has 108 valence electrons. The number of aliphatic imine (C=N–C) groups is 1. The third-order valence-corrected chi connectivity index (χ3v) is 3.23. The van der Waals surface area contributed by atoms with Crippen LogP contribution < -0.4 is 9.47 Å². The van der Waals surface area contributed by atoms with Crippen molar-refractivity contribution in [3.63, 3.8) is 0 Å². The average Bonchev–Trinajstić information content (AvgIpc) is 2.78. The molecule has 0 aliphatic heterocycles. The van der Waals surface area contributed by atoms with Crippen molar-refractivity contribution < 1.29 is 13.9 Å². The fourth-order valence-corrected chi connectivity index (χ4v) is 1.97. The maximum Gasteiger partial charge on any atom is 0.237 e. The Labute approximate surface area is 123 Å². The second-order valence-corrected chi connectivity index (χ2v) is 4.42. The van der Waals surface area contributed by atoms with E-state index in [1.807, 2.05) is 19.1 Å². The maximum atomic E-state index is 9.16. The highest BCUT2D eigenvalue weighted by Crippen LogP contribution is 2.31. The lowest BCUT2D eigenvalue weighted by Crippen LogP contribution is -1.94. The molecule has 0 atom stereocenters. The number of furan rings is 1. The Hall–Kier alpha value is -2.74. The number of ether oxygens (including phenoxy) is 2. The number of rotatable bonds is 4. The Morgan fingerprint density at radius 1 is 1.24 bits per heavy atom. The Bertz CT molecular complexity index is 724. The number of nitrogens with zero attached hydrogens (tertiary/aromatic N) is 2. The van der Waals surface area contributed by atoms with Crippen LogP contribution in [0.25, 0.3) is 0 Å². The first-order valence-corrected chi connectivity index (χ1v) is 6.37. The van der Waals surface area contributed by atoms with Gasteiger partial charge in [0.2, 0.25) is 5.88 Å². The van der Waals surface area contributed by atoms with E-state index >= 15 is 0 Å². The van der Waals surface area contributed by atoms with Gasteiger partial charge in [0.15, 0.2) is 11.5 Å². The fraction of sp³-hybridized carbons (Fsp3) is 0.250. The lowest BCUT2D eigenvalue weighted by Gasteiger charge is -2.09. The first-order valence-electron chi connectivity index (χ1n) is 6.37. The molecule has 5 nitrogen and oxygen atoms in total. The summed E-state index contributed by atoms with van der Waals surface area (Å²) in [6.07, 6.45) is 1.60. The van der Waals surface area contributed by atoms with E-state index in [1.54, 1.807) is 33.4 Å². The van der Waals surface area contributed by atoms with E-state index in [-0.39, 0.29) is 0 Å². The van der Waals surface area contributed by atoms with Crippen LogP contribution in [0.2, 0.25) is 0 Å². The van der Waals surface area contributed by atoms with E-state index in [1.165, 1.54) is 0 Å². The molecule has 1 heterocycles. The van der Waals surface area contributed by atoms with Gasteiger partial charge in [-0.1, -0.05) is 6.07 Å². The normalized spacial score (nSPS) is 10.6. The Morgan fingerprint density at radius 3 is 2.62 bits per heavy atom. The topological polar surface area (TPSA) is 67.8 Å². The molecule has 0 amide bonds. The van der Waals surface area contributed by atoms with Crippen LogP contribution in [0.4, 0.5) is 5.88 Å². The predicted octanol–water partition coefficient (Wildman–Crippen LogP) is 3.54. The first-order chi connectivity index (χ1) is 10.1. The summed E-state index contributed by atoms with van der Waals surface area (Å²) in [7, 11) is 3.14. The summed E-state index contributed by atoms with van der Waals surface area (Å²) < 4.78 is 16.1. The van der Waals surface area contributed by atoms with Gasteiger partial charge in [0.1, 0.15) is 17.4 Å². The van der Waals surface area contributed by atoms with Crippen molar-refractivity contribution in [2.75, 3.05) is 14.2 Å². The van der Waals surface area contributed by atoms with Crippen molar-refractivity contribution in [3.8, 4) is 17.6 Å². The van der Waals surface area contributed by atoms with E-state index in [0.717, 1.165) is 11.1 Å². The number of hydrogen-bond acceptors (Lipinski definition) is 5. The zero-order valence-corrected chi connectivity index (χ0v) is 12.4. The molecular weight excluding hydrogens is 268 g/mol. The molecule has 0 aliphatic carbocycles. The standard InChI is InChI=1S/C16H16N2O3/c1-10-11(2)21-16(13(10)8-17)18-9-12-6-5-7-14(19-3)15(12)20-4/h5-7,9H,1-4H3. The SMILES string of the molecule is COc1cccc(C=Nc2oc(C)c(C)c2C#N)c1OC. The lowest BCUT2D eigenvalue weighted by molar-refractivity contribution is 0.354. The Balaban J connectivity index is 2.43. The van der Waals surface area contributed by atoms with E-state index in [0.29, 0.717) is 28.7 Å². The predicted molar refractivity (Wildman–Crippen MR) is 79.7 cm³/mol. The van der Waals surface area contributed by atoms with E-state index in [2.05, 4.69) is 11.1 Å². The number of para-hydroxylation sites is 1. The number of aryl methyl sites for hydroxylation is 1. The highest BCUT2D eigenvalue weighted by molar-refractivity contribution is 5.87. The molecule has 0 N–H and O–H groups in total. The molecule has 0 saturated carbocycles. The van der Waals surface area contributed by atoms with Crippen molar-refractivity contribution in [1.29, 1.82) is 5.26 Å². The van der Waals surface area contributed by atoms with Crippen LogP contribution in [-0.4, -0.2) is 20.4 Å². The van der Waals surface area contributed by atoms with Gasteiger partial charge in [-0.05, 0) is 26.0 Å². The van der Waals surface area contributed by atoms with Crippen LogP contribution in [-0.2, 0) is 0 Å². The smallest absolute Gasteiger partial charge is 0.237 e.